The van der Waals surface area contributed by atoms with Crippen molar-refractivity contribution in [3.05, 3.63) is 35.0 Å². The summed E-state index contributed by atoms with van der Waals surface area (Å²) in [5.41, 5.74) is 4.57. The normalized spacial score (nSPS) is 11.5. The summed E-state index contributed by atoms with van der Waals surface area (Å²) in [5, 5.41) is 15.4. The van der Waals surface area contributed by atoms with E-state index in [0.717, 1.165) is 17.0 Å². The molecular formula is C16H15FN6O. The highest BCUT2D eigenvalue weighted by molar-refractivity contribution is 5.82. The number of methoxy groups -OCH3 is 1. The Balaban J connectivity index is 2.21. The molecule has 0 saturated carbocycles. The molecular weight excluding hydrogens is 311 g/mol. The number of imidazole rings is 1. The van der Waals surface area contributed by atoms with E-state index in [1.54, 1.807) is 10.5 Å². The largest absolute Gasteiger partial charge is 0.497 e. The molecule has 122 valence electrons. The summed E-state index contributed by atoms with van der Waals surface area (Å²) < 4.78 is 21.4. The molecule has 0 fully saturated rings. The molecule has 7 nitrogen and oxygen atoms in total. The van der Waals surface area contributed by atoms with E-state index in [1.165, 1.54) is 13.2 Å². The summed E-state index contributed by atoms with van der Waals surface area (Å²) in [4.78, 5) is 4.63. The predicted molar refractivity (Wildman–Crippen MR) is 86.6 cm³/mol. The van der Waals surface area contributed by atoms with Crippen molar-refractivity contribution in [2.75, 3.05) is 7.11 Å². The molecule has 24 heavy (non-hydrogen) atoms. The number of hydrogen-bond donors (Lipinski definition) is 1. The van der Waals surface area contributed by atoms with Crippen LogP contribution in [0.4, 0.5) is 4.39 Å². The first kappa shape index (κ1) is 14.6. The highest BCUT2D eigenvalue weighted by Gasteiger charge is 2.21. The first-order valence-electron chi connectivity index (χ1n) is 7.42. The monoisotopic (exact) mass is 326 g/mol. The van der Waals surface area contributed by atoms with Crippen LogP contribution in [0.25, 0.3) is 28.1 Å². The van der Waals surface area contributed by atoms with Crippen molar-refractivity contribution >= 4 is 16.7 Å². The van der Waals surface area contributed by atoms with Gasteiger partial charge in [-0.2, -0.15) is 5.10 Å². The molecule has 4 aromatic rings. The number of nitrogens with zero attached hydrogens (tertiary/aromatic N) is 5. The van der Waals surface area contributed by atoms with Gasteiger partial charge in [0.1, 0.15) is 17.1 Å². The van der Waals surface area contributed by atoms with Crippen LogP contribution in [0.3, 0.4) is 0 Å². The lowest BCUT2D eigenvalue weighted by Crippen LogP contribution is -2.00. The van der Waals surface area contributed by atoms with Crippen molar-refractivity contribution in [2.24, 2.45) is 0 Å². The molecule has 0 atom stereocenters. The van der Waals surface area contributed by atoms with Crippen LogP contribution in [0.1, 0.15) is 17.1 Å². The van der Waals surface area contributed by atoms with Crippen LogP contribution in [0.2, 0.25) is 0 Å². The predicted octanol–water partition coefficient (Wildman–Crippen LogP) is 2.74. The lowest BCUT2D eigenvalue weighted by atomic mass is 10.2. The van der Waals surface area contributed by atoms with Gasteiger partial charge >= 0.3 is 0 Å². The minimum absolute atomic E-state index is 0.167. The van der Waals surface area contributed by atoms with Crippen LogP contribution < -0.4 is 4.74 Å². The molecule has 0 bridgehead atoms. The Labute approximate surface area is 136 Å². The standard InChI is InChI=1S/C16H15FN6O/c1-7-13(8(2)20-19-7)16-18-9(3)15-22-21-14-11(17)5-10(24-4)6-12(14)23(15)16/h5-6H,1-4H3,(H,19,20). The summed E-state index contributed by atoms with van der Waals surface area (Å²) in [5.74, 6) is 0.572. The van der Waals surface area contributed by atoms with Gasteiger partial charge in [0, 0.05) is 17.8 Å². The molecule has 0 aliphatic rings. The average Bonchev–Trinajstić information content (AvgIpc) is 3.07. The Morgan fingerprint density at radius 3 is 2.58 bits per heavy atom. The molecule has 0 radical (unpaired) electrons. The van der Waals surface area contributed by atoms with Gasteiger partial charge in [-0.1, -0.05) is 0 Å². The topological polar surface area (TPSA) is 81.0 Å². The van der Waals surface area contributed by atoms with Gasteiger partial charge in [-0.15, -0.1) is 10.2 Å². The summed E-state index contributed by atoms with van der Waals surface area (Å²) in [7, 11) is 1.50. The zero-order valence-corrected chi connectivity index (χ0v) is 13.7. The molecule has 1 N–H and O–H groups in total. The number of aryl methyl sites for hydroxylation is 3. The molecule has 8 heteroatoms. The fourth-order valence-electron chi connectivity index (χ4n) is 2.96. The highest BCUT2D eigenvalue weighted by Crippen LogP contribution is 2.30. The van der Waals surface area contributed by atoms with Gasteiger partial charge in [0.05, 0.1) is 29.6 Å². The van der Waals surface area contributed by atoms with Crippen LogP contribution in [-0.2, 0) is 0 Å². The maximum Gasteiger partial charge on any atom is 0.183 e. The van der Waals surface area contributed by atoms with Crippen LogP contribution in [-0.4, -0.2) is 36.9 Å². The quantitative estimate of drug-likeness (QED) is 0.612. The molecule has 0 aliphatic carbocycles. The van der Waals surface area contributed by atoms with Crippen molar-refractivity contribution in [1.29, 1.82) is 0 Å². The van der Waals surface area contributed by atoms with E-state index in [9.17, 15) is 4.39 Å². The molecule has 0 unspecified atom stereocenters. The first-order valence-corrected chi connectivity index (χ1v) is 7.42. The van der Waals surface area contributed by atoms with Crippen molar-refractivity contribution in [3.8, 4) is 17.1 Å². The average molecular weight is 326 g/mol. The molecule has 1 aromatic carbocycles. The van der Waals surface area contributed by atoms with Gasteiger partial charge < -0.3 is 4.74 Å². The Morgan fingerprint density at radius 1 is 1.12 bits per heavy atom. The number of benzene rings is 1. The van der Waals surface area contributed by atoms with Crippen LogP contribution in [0.5, 0.6) is 5.75 Å². The maximum atomic E-state index is 14.4. The van der Waals surface area contributed by atoms with Crippen LogP contribution in [0.15, 0.2) is 12.1 Å². The summed E-state index contributed by atoms with van der Waals surface area (Å²) in [6, 6.07) is 3.02. The fourth-order valence-corrected chi connectivity index (χ4v) is 2.96. The Bertz CT molecular complexity index is 1080. The zero-order chi connectivity index (χ0) is 17.0. The zero-order valence-electron chi connectivity index (χ0n) is 13.7. The van der Waals surface area contributed by atoms with E-state index in [1.807, 2.05) is 20.8 Å². The summed E-state index contributed by atoms with van der Waals surface area (Å²) in [6.07, 6.45) is 0. The highest BCUT2D eigenvalue weighted by atomic mass is 19.1. The van der Waals surface area contributed by atoms with Gasteiger partial charge in [-0.25, -0.2) is 9.37 Å². The van der Waals surface area contributed by atoms with E-state index in [0.29, 0.717) is 28.4 Å². The molecule has 3 aromatic heterocycles. The second kappa shape index (κ2) is 4.98. The molecule has 0 spiro atoms. The van der Waals surface area contributed by atoms with Crippen LogP contribution in [0, 0.1) is 26.6 Å². The van der Waals surface area contributed by atoms with Crippen molar-refractivity contribution in [1.82, 2.24) is 29.8 Å². The second-order valence-electron chi connectivity index (χ2n) is 5.67. The fraction of sp³-hybridized carbons (Fsp3) is 0.250. The van der Waals surface area contributed by atoms with Crippen molar-refractivity contribution in [2.45, 2.75) is 20.8 Å². The van der Waals surface area contributed by atoms with Crippen LogP contribution >= 0.6 is 0 Å². The smallest absolute Gasteiger partial charge is 0.183 e. The molecule has 0 saturated heterocycles. The lowest BCUT2D eigenvalue weighted by molar-refractivity contribution is 0.412. The minimum atomic E-state index is -0.489. The molecule has 3 heterocycles. The van der Waals surface area contributed by atoms with Gasteiger partial charge in [-0.05, 0) is 20.8 Å². The number of hydrogen-bond acceptors (Lipinski definition) is 5. The van der Waals surface area contributed by atoms with Gasteiger partial charge in [-0.3, -0.25) is 9.50 Å². The maximum absolute atomic E-state index is 14.4. The second-order valence-corrected chi connectivity index (χ2v) is 5.67. The van der Waals surface area contributed by atoms with E-state index in [2.05, 4.69) is 25.4 Å². The van der Waals surface area contributed by atoms with E-state index >= 15 is 0 Å². The van der Waals surface area contributed by atoms with Gasteiger partial charge in [0.25, 0.3) is 0 Å². The van der Waals surface area contributed by atoms with Crippen molar-refractivity contribution in [3.63, 3.8) is 0 Å². The number of aromatic amines is 1. The Morgan fingerprint density at radius 2 is 1.92 bits per heavy atom. The Kier molecular flexibility index (Phi) is 3.02. The SMILES string of the molecule is COc1cc(F)c2nnc3c(C)nc(-c4c(C)n[nH]c4C)n3c2c1. The third-order valence-corrected chi connectivity index (χ3v) is 4.11. The number of H-pyrrole nitrogens is 1. The van der Waals surface area contributed by atoms with E-state index < -0.39 is 5.82 Å². The summed E-state index contributed by atoms with van der Waals surface area (Å²) in [6.45, 7) is 5.66. The molecule has 0 amide bonds. The number of rotatable bonds is 2. The third-order valence-electron chi connectivity index (χ3n) is 4.11. The number of ether oxygens (including phenoxy) is 1. The van der Waals surface area contributed by atoms with E-state index in [4.69, 9.17) is 4.74 Å². The number of nitrogens with one attached hydrogen (secondary N) is 1. The molecule has 4 rings (SSSR count). The lowest BCUT2D eigenvalue weighted by Gasteiger charge is -2.08. The van der Waals surface area contributed by atoms with Gasteiger partial charge in [0.2, 0.25) is 0 Å². The number of aromatic nitrogens is 6. The first-order chi connectivity index (χ1) is 11.5. The molecule has 0 aliphatic heterocycles. The third kappa shape index (κ3) is 1.89. The minimum Gasteiger partial charge on any atom is -0.497 e. The summed E-state index contributed by atoms with van der Waals surface area (Å²) >= 11 is 0. The van der Waals surface area contributed by atoms with Crippen molar-refractivity contribution < 1.29 is 9.13 Å². The van der Waals surface area contributed by atoms with E-state index in [-0.39, 0.29) is 5.52 Å². The van der Waals surface area contributed by atoms with Gasteiger partial charge in [0.15, 0.2) is 11.5 Å². The number of fused-ring (bicyclic) bond motifs is 3. The Hall–Kier alpha value is -3.03. The number of halogens is 1.